The number of aliphatic carboxylic acids is 1. The maximum absolute atomic E-state index is 12.7. The Labute approximate surface area is 205 Å². The molecule has 0 radical (unpaired) electrons. The van der Waals surface area contributed by atoms with Crippen molar-refractivity contribution in [2.75, 3.05) is 13.2 Å². The molecule has 186 valence electrons. The van der Waals surface area contributed by atoms with Crippen molar-refractivity contribution < 1.29 is 32.6 Å². The summed E-state index contributed by atoms with van der Waals surface area (Å²) in [6, 6.07) is 15.9. The third-order valence-corrected chi connectivity index (χ3v) is 6.47. The average Bonchev–Trinajstić information content (AvgIpc) is 3.30. The van der Waals surface area contributed by atoms with Crippen LogP contribution in [0.25, 0.3) is 11.1 Å². The Balaban J connectivity index is 1.43. The van der Waals surface area contributed by atoms with Gasteiger partial charge in [0.25, 0.3) is 5.91 Å². The summed E-state index contributed by atoms with van der Waals surface area (Å²) >= 11 is 1.40. The number of nitrogens with one attached hydrogen (secondary N) is 1. The highest BCUT2D eigenvalue weighted by molar-refractivity contribution is 7.14. The van der Waals surface area contributed by atoms with Crippen LogP contribution in [-0.2, 0) is 17.4 Å². The number of hydrogen-bond acceptors (Lipinski definition) is 4. The minimum atomic E-state index is -4.35. The molecule has 2 aromatic carbocycles. The van der Waals surface area contributed by atoms with Crippen LogP contribution < -0.4 is 10.1 Å². The Morgan fingerprint density at radius 1 is 1.00 bits per heavy atom. The second-order valence-corrected chi connectivity index (χ2v) is 9.39. The molecule has 1 unspecified atom stereocenters. The summed E-state index contributed by atoms with van der Waals surface area (Å²) in [5, 5.41) is 11.2. The number of thiophene rings is 1. The first-order valence-corrected chi connectivity index (χ1v) is 11.9. The molecule has 0 aliphatic carbocycles. The third-order valence-electron chi connectivity index (χ3n) is 5.33. The zero-order valence-electron chi connectivity index (χ0n) is 19.1. The van der Waals surface area contributed by atoms with Crippen molar-refractivity contribution in [2.45, 2.75) is 32.4 Å². The van der Waals surface area contributed by atoms with Crippen LogP contribution in [0, 0.1) is 5.92 Å². The Bertz CT molecular complexity index is 1120. The van der Waals surface area contributed by atoms with Crippen LogP contribution in [0.3, 0.4) is 0 Å². The topological polar surface area (TPSA) is 75.6 Å². The summed E-state index contributed by atoms with van der Waals surface area (Å²) in [6.07, 6.45) is -2.80. The molecule has 35 heavy (non-hydrogen) atoms. The van der Waals surface area contributed by atoms with E-state index in [-0.39, 0.29) is 24.8 Å². The molecule has 0 aliphatic heterocycles. The summed E-state index contributed by atoms with van der Waals surface area (Å²) in [5.41, 5.74) is 0.830. The molecule has 3 aromatic rings. The van der Waals surface area contributed by atoms with E-state index in [2.05, 4.69) is 12.2 Å². The Morgan fingerprint density at radius 3 is 2.23 bits per heavy atom. The molecular weight excluding hydrogens is 479 g/mol. The third kappa shape index (κ3) is 8.13. The number of amides is 1. The highest BCUT2D eigenvalue weighted by Crippen LogP contribution is 2.31. The Hall–Kier alpha value is -3.33. The molecule has 5 nitrogen and oxygen atoms in total. The van der Waals surface area contributed by atoms with Gasteiger partial charge >= 0.3 is 12.1 Å². The number of alkyl halides is 3. The number of carbonyl (C=O) groups is 2. The van der Waals surface area contributed by atoms with E-state index in [9.17, 15) is 22.8 Å². The lowest BCUT2D eigenvalue weighted by molar-refractivity contribution is -0.138. The number of carboxylic acids is 1. The van der Waals surface area contributed by atoms with E-state index < -0.39 is 17.7 Å². The zero-order valence-corrected chi connectivity index (χ0v) is 19.9. The number of ether oxygens (including phenoxy) is 1. The number of benzene rings is 2. The minimum absolute atomic E-state index is 0.0983. The number of halogens is 3. The van der Waals surface area contributed by atoms with E-state index in [0.29, 0.717) is 22.8 Å². The summed E-state index contributed by atoms with van der Waals surface area (Å²) in [7, 11) is 0. The molecule has 1 atom stereocenters. The molecule has 1 heterocycles. The lowest BCUT2D eigenvalue weighted by Crippen LogP contribution is -2.25. The van der Waals surface area contributed by atoms with Crippen LogP contribution in [-0.4, -0.2) is 30.1 Å². The maximum atomic E-state index is 12.7. The highest BCUT2D eigenvalue weighted by atomic mass is 32.1. The van der Waals surface area contributed by atoms with Gasteiger partial charge in [0.1, 0.15) is 5.75 Å². The van der Waals surface area contributed by atoms with Gasteiger partial charge in [-0.1, -0.05) is 31.2 Å². The molecule has 2 N–H and O–H groups in total. The standard InChI is InChI=1S/C26H26F3NO4S/c1-17(2-11-22-12-13-23(35-22)25(33)30-15-14-24(31)32)16-34-21-9-5-19(6-10-21)18-3-7-20(8-4-18)26(27,28)29/h3-10,12-13,17H,2,11,14-16H2,1H3,(H,30,33)(H,31,32). The normalized spacial score (nSPS) is 12.2. The first-order chi connectivity index (χ1) is 16.6. The maximum Gasteiger partial charge on any atom is 0.416 e. The molecule has 0 saturated heterocycles. The second-order valence-electron chi connectivity index (χ2n) is 8.22. The van der Waals surface area contributed by atoms with Gasteiger partial charge in [0.15, 0.2) is 0 Å². The van der Waals surface area contributed by atoms with Gasteiger partial charge in [0.05, 0.1) is 23.5 Å². The number of aryl methyl sites for hydroxylation is 1. The molecule has 0 bridgehead atoms. The van der Waals surface area contributed by atoms with E-state index >= 15 is 0 Å². The van der Waals surface area contributed by atoms with E-state index in [0.717, 1.165) is 35.4 Å². The van der Waals surface area contributed by atoms with Gasteiger partial charge < -0.3 is 15.2 Å². The second kappa shape index (κ2) is 11.9. The van der Waals surface area contributed by atoms with Crippen LogP contribution in [0.4, 0.5) is 13.2 Å². The lowest BCUT2D eigenvalue weighted by Gasteiger charge is -2.13. The first-order valence-electron chi connectivity index (χ1n) is 11.1. The predicted octanol–water partition coefficient (Wildman–Crippen LogP) is 6.29. The zero-order chi connectivity index (χ0) is 25.4. The highest BCUT2D eigenvalue weighted by Gasteiger charge is 2.29. The van der Waals surface area contributed by atoms with Crippen molar-refractivity contribution in [1.82, 2.24) is 5.32 Å². The molecule has 0 spiro atoms. The molecule has 1 aromatic heterocycles. The van der Waals surface area contributed by atoms with Crippen molar-refractivity contribution in [3.05, 3.63) is 76.0 Å². The van der Waals surface area contributed by atoms with Crippen LogP contribution in [0.1, 0.15) is 39.9 Å². The summed E-state index contributed by atoms with van der Waals surface area (Å²) in [5.74, 6) is -0.273. The van der Waals surface area contributed by atoms with Gasteiger partial charge in [-0.25, -0.2) is 0 Å². The average molecular weight is 506 g/mol. The van der Waals surface area contributed by atoms with Crippen LogP contribution in [0.2, 0.25) is 0 Å². The van der Waals surface area contributed by atoms with E-state index in [1.807, 2.05) is 18.2 Å². The van der Waals surface area contributed by atoms with Crippen LogP contribution in [0.15, 0.2) is 60.7 Å². The SMILES string of the molecule is CC(CCc1ccc(C(=O)NCCC(=O)O)s1)COc1ccc(-c2ccc(C(F)(F)F)cc2)cc1. The van der Waals surface area contributed by atoms with Gasteiger partial charge in [-0.15, -0.1) is 11.3 Å². The van der Waals surface area contributed by atoms with Gasteiger partial charge in [-0.2, -0.15) is 13.2 Å². The first kappa shape index (κ1) is 26.3. The predicted molar refractivity (Wildman–Crippen MR) is 129 cm³/mol. The Morgan fingerprint density at radius 2 is 1.63 bits per heavy atom. The van der Waals surface area contributed by atoms with Crippen molar-refractivity contribution in [3.63, 3.8) is 0 Å². The smallest absolute Gasteiger partial charge is 0.416 e. The largest absolute Gasteiger partial charge is 0.493 e. The van der Waals surface area contributed by atoms with Crippen molar-refractivity contribution in [2.24, 2.45) is 5.92 Å². The molecule has 0 saturated carbocycles. The molecular formula is C26H26F3NO4S. The number of carboxylic acid groups (broad SMARTS) is 1. The van der Waals surface area contributed by atoms with E-state index in [1.165, 1.54) is 23.5 Å². The fraction of sp³-hybridized carbons (Fsp3) is 0.308. The number of hydrogen-bond donors (Lipinski definition) is 2. The summed E-state index contributed by atoms with van der Waals surface area (Å²) in [4.78, 5) is 24.2. The van der Waals surface area contributed by atoms with E-state index in [4.69, 9.17) is 9.84 Å². The van der Waals surface area contributed by atoms with Crippen molar-refractivity contribution in [1.29, 1.82) is 0 Å². The number of rotatable bonds is 11. The van der Waals surface area contributed by atoms with Gasteiger partial charge in [-0.05, 0) is 66.3 Å². The lowest BCUT2D eigenvalue weighted by atomic mass is 10.0. The molecule has 0 aliphatic rings. The fourth-order valence-electron chi connectivity index (χ4n) is 3.31. The monoisotopic (exact) mass is 505 g/mol. The summed E-state index contributed by atoms with van der Waals surface area (Å²) in [6.45, 7) is 2.68. The van der Waals surface area contributed by atoms with Crippen molar-refractivity contribution in [3.8, 4) is 16.9 Å². The van der Waals surface area contributed by atoms with Crippen LogP contribution in [0.5, 0.6) is 5.75 Å². The van der Waals surface area contributed by atoms with Crippen LogP contribution >= 0.6 is 11.3 Å². The summed E-state index contributed by atoms with van der Waals surface area (Å²) < 4.78 is 44.0. The fourth-order valence-corrected chi connectivity index (χ4v) is 4.25. The van der Waals surface area contributed by atoms with Crippen molar-refractivity contribution >= 4 is 23.2 Å². The quantitative estimate of drug-likeness (QED) is 0.321. The molecule has 1 amide bonds. The molecule has 9 heteroatoms. The number of carbonyl (C=O) groups excluding carboxylic acids is 1. The van der Waals surface area contributed by atoms with Gasteiger partial charge in [-0.3, -0.25) is 9.59 Å². The van der Waals surface area contributed by atoms with Gasteiger partial charge in [0, 0.05) is 11.4 Å². The van der Waals surface area contributed by atoms with E-state index in [1.54, 1.807) is 18.2 Å². The van der Waals surface area contributed by atoms with Gasteiger partial charge in [0.2, 0.25) is 0 Å². The molecule has 0 fully saturated rings. The molecule has 3 rings (SSSR count). The minimum Gasteiger partial charge on any atom is -0.493 e. The Kier molecular flexibility index (Phi) is 8.92.